The molecular formula is C11H18N4O3S. The fraction of sp³-hybridized carbons (Fsp3) is 0.455. The number of rotatable bonds is 7. The van der Waals surface area contributed by atoms with E-state index in [0.717, 1.165) is 6.42 Å². The van der Waals surface area contributed by atoms with Crippen LogP contribution in [0.5, 0.6) is 0 Å². The number of nitrogens with two attached hydrogens (primary N) is 1. The minimum absolute atomic E-state index is 0.000733. The summed E-state index contributed by atoms with van der Waals surface area (Å²) < 4.78 is 26.2. The summed E-state index contributed by atoms with van der Waals surface area (Å²) in [6.07, 6.45) is 2.26. The van der Waals surface area contributed by atoms with Gasteiger partial charge in [0.05, 0.1) is 12.2 Å². The van der Waals surface area contributed by atoms with Crippen molar-refractivity contribution >= 4 is 15.9 Å². The highest BCUT2D eigenvalue weighted by molar-refractivity contribution is 7.89. The number of pyridine rings is 1. The minimum atomic E-state index is -3.78. The molecule has 7 nitrogen and oxygen atoms in total. The van der Waals surface area contributed by atoms with Crippen LogP contribution >= 0.6 is 0 Å². The lowest BCUT2D eigenvalue weighted by atomic mass is 10.3. The summed E-state index contributed by atoms with van der Waals surface area (Å²) in [5.41, 5.74) is 5.70. The Morgan fingerprint density at radius 2 is 2.21 bits per heavy atom. The number of carbonyl (C=O) groups is 1. The van der Waals surface area contributed by atoms with Gasteiger partial charge in [-0.15, -0.1) is 0 Å². The average Bonchev–Trinajstić information content (AvgIpc) is 2.43. The van der Waals surface area contributed by atoms with E-state index in [0.29, 0.717) is 6.54 Å². The second-order valence-electron chi connectivity index (χ2n) is 3.83. The van der Waals surface area contributed by atoms with Crippen molar-refractivity contribution in [2.75, 3.05) is 13.1 Å². The lowest BCUT2D eigenvalue weighted by Crippen LogP contribution is -2.37. The van der Waals surface area contributed by atoms with Crippen LogP contribution in [0, 0.1) is 0 Å². The molecule has 0 aliphatic carbocycles. The number of aromatic nitrogens is 1. The third-order valence-corrected chi connectivity index (χ3v) is 3.80. The van der Waals surface area contributed by atoms with Crippen molar-refractivity contribution in [2.24, 2.45) is 5.73 Å². The van der Waals surface area contributed by atoms with Crippen LogP contribution in [0.4, 0.5) is 0 Å². The van der Waals surface area contributed by atoms with E-state index < -0.39 is 10.0 Å². The summed E-state index contributed by atoms with van der Waals surface area (Å²) >= 11 is 0. The lowest BCUT2D eigenvalue weighted by molar-refractivity contribution is -0.119. The molecule has 0 saturated heterocycles. The monoisotopic (exact) mass is 286 g/mol. The molecule has 1 amide bonds. The summed E-state index contributed by atoms with van der Waals surface area (Å²) in [5.74, 6) is -0.372. The molecule has 1 heterocycles. The third-order valence-electron chi connectivity index (χ3n) is 2.33. The van der Waals surface area contributed by atoms with Crippen molar-refractivity contribution in [1.29, 1.82) is 0 Å². The second kappa shape index (κ2) is 7.17. The average molecular weight is 286 g/mol. The van der Waals surface area contributed by atoms with Gasteiger partial charge in [-0.1, -0.05) is 6.92 Å². The van der Waals surface area contributed by atoms with E-state index >= 15 is 0 Å². The molecule has 1 aromatic heterocycles. The lowest BCUT2D eigenvalue weighted by Gasteiger charge is -2.09. The third kappa shape index (κ3) is 4.58. The van der Waals surface area contributed by atoms with Gasteiger partial charge in [-0.25, -0.2) is 13.1 Å². The maximum absolute atomic E-state index is 12.0. The highest BCUT2D eigenvalue weighted by Crippen LogP contribution is 2.11. The van der Waals surface area contributed by atoms with Crippen molar-refractivity contribution in [3.8, 4) is 0 Å². The molecule has 0 atom stereocenters. The fourth-order valence-electron chi connectivity index (χ4n) is 1.39. The van der Waals surface area contributed by atoms with Crippen LogP contribution in [0.3, 0.4) is 0 Å². The molecule has 0 aliphatic rings. The van der Waals surface area contributed by atoms with Crippen LogP contribution < -0.4 is 15.8 Å². The zero-order valence-corrected chi connectivity index (χ0v) is 11.5. The minimum Gasteiger partial charge on any atom is -0.355 e. The SMILES string of the molecule is CCCNC(=O)CNS(=O)(=O)c1cccnc1CN. The van der Waals surface area contributed by atoms with Crippen molar-refractivity contribution in [1.82, 2.24) is 15.0 Å². The first-order valence-electron chi connectivity index (χ1n) is 5.91. The molecule has 0 bridgehead atoms. The van der Waals surface area contributed by atoms with Crippen LogP contribution in [0.1, 0.15) is 19.0 Å². The Bertz CT molecular complexity index is 530. The van der Waals surface area contributed by atoms with E-state index in [1.54, 1.807) is 0 Å². The largest absolute Gasteiger partial charge is 0.355 e. The number of nitrogens with one attached hydrogen (secondary N) is 2. The zero-order chi connectivity index (χ0) is 14.3. The first kappa shape index (κ1) is 15.5. The first-order valence-corrected chi connectivity index (χ1v) is 7.40. The quantitative estimate of drug-likeness (QED) is 0.616. The fourth-order valence-corrected chi connectivity index (χ4v) is 2.57. The number of amides is 1. The van der Waals surface area contributed by atoms with Crippen molar-refractivity contribution in [3.05, 3.63) is 24.0 Å². The highest BCUT2D eigenvalue weighted by atomic mass is 32.2. The van der Waals surface area contributed by atoms with Gasteiger partial charge in [-0.3, -0.25) is 9.78 Å². The molecule has 0 unspecified atom stereocenters. The summed E-state index contributed by atoms with van der Waals surface area (Å²) in [5, 5.41) is 2.58. The highest BCUT2D eigenvalue weighted by Gasteiger charge is 2.19. The molecule has 19 heavy (non-hydrogen) atoms. The Hall–Kier alpha value is -1.51. The Labute approximate surface area is 112 Å². The molecular weight excluding hydrogens is 268 g/mol. The predicted octanol–water partition coefficient (Wildman–Crippen LogP) is -0.655. The van der Waals surface area contributed by atoms with Gasteiger partial charge >= 0.3 is 0 Å². The smallest absolute Gasteiger partial charge is 0.242 e. The Balaban J connectivity index is 2.73. The van der Waals surface area contributed by atoms with Crippen LogP contribution in [0.25, 0.3) is 0 Å². The molecule has 0 saturated carbocycles. The van der Waals surface area contributed by atoms with Crippen molar-refractivity contribution in [3.63, 3.8) is 0 Å². The molecule has 1 rings (SSSR count). The van der Waals surface area contributed by atoms with E-state index in [-0.39, 0.29) is 29.6 Å². The maximum Gasteiger partial charge on any atom is 0.242 e. The standard InChI is InChI=1S/C11H18N4O3S/c1-2-5-14-11(16)8-15-19(17,18)10-4-3-6-13-9(10)7-12/h3-4,6,15H,2,5,7-8,12H2,1H3,(H,14,16). The van der Waals surface area contributed by atoms with Gasteiger partial charge in [0.1, 0.15) is 4.90 Å². The number of sulfonamides is 1. The Morgan fingerprint density at radius 1 is 1.47 bits per heavy atom. The van der Waals surface area contributed by atoms with Crippen molar-refractivity contribution in [2.45, 2.75) is 24.8 Å². The molecule has 0 fully saturated rings. The zero-order valence-electron chi connectivity index (χ0n) is 10.7. The molecule has 0 radical (unpaired) electrons. The van der Waals surface area contributed by atoms with E-state index in [1.807, 2.05) is 6.92 Å². The number of nitrogens with zero attached hydrogens (tertiary/aromatic N) is 1. The number of hydrogen-bond donors (Lipinski definition) is 3. The Kier molecular flexibility index (Phi) is 5.87. The summed E-state index contributed by atoms with van der Waals surface area (Å²) in [4.78, 5) is 15.3. The van der Waals surface area contributed by atoms with E-state index in [2.05, 4.69) is 15.0 Å². The molecule has 0 spiro atoms. The summed E-state index contributed by atoms with van der Waals surface area (Å²) in [7, 11) is -3.78. The van der Waals surface area contributed by atoms with Gasteiger partial charge in [0.25, 0.3) is 0 Å². The number of carbonyl (C=O) groups excluding carboxylic acids is 1. The van der Waals surface area contributed by atoms with Gasteiger partial charge < -0.3 is 11.1 Å². The van der Waals surface area contributed by atoms with Gasteiger partial charge in [0.15, 0.2) is 0 Å². The molecule has 0 aromatic carbocycles. The molecule has 1 aromatic rings. The molecule has 0 aliphatic heterocycles. The summed E-state index contributed by atoms with van der Waals surface area (Å²) in [6.45, 7) is 2.13. The van der Waals surface area contributed by atoms with Crippen LogP contribution in [0.15, 0.2) is 23.2 Å². The number of hydrogen-bond acceptors (Lipinski definition) is 5. The van der Waals surface area contributed by atoms with Crippen LogP contribution in [-0.2, 0) is 21.4 Å². The van der Waals surface area contributed by atoms with Crippen LogP contribution in [-0.4, -0.2) is 32.4 Å². The van der Waals surface area contributed by atoms with Crippen molar-refractivity contribution < 1.29 is 13.2 Å². The normalized spacial score (nSPS) is 11.3. The van der Waals surface area contributed by atoms with Gasteiger partial charge in [-0.05, 0) is 18.6 Å². The second-order valence-corrected chi connectivity index (χ2v) is 5.56. The maximum atomic E-state index is 12.0. The predicted molar refractivity (Wildman–Crippen MR) is 70.6 cm³/mol. The van der Waals surface area contributed by atoms with Gasteiger partial charge in [-0.2, -0.15) is 0 Å². The molecule has 4 N–H and O–H groups in total. The Morgan fingerprint density at radius 3 is 2.84 bits per heavy atom. The van der Waals surface area contributed by atoms with Gasteiger partial charge in [0.2, 0.25) is 15.9 Å². The van der Waals surface area contributed by atoms with Gasteiger partial charge in [0, 0.05) is 19.3 Å². The van der Waals surface area contributed by atoms with E-state index in [1.165, 1.54) is 18.3 Å². The molecule has 8 heteroatoms. The summed E-state index contributed by atoms with van der Waals surface area (Å²) in [6, 6.07) is 2.91. The molecule has 106 valence electrons. The van der Waals surface area contributed by atoms with E-state index in [9.17, 15) is 13.2 Å². The topological polar surface area (TPSA) is 114 Å². The van der Waals surface area contributed by atoms with Crippen LogP contribution in [0.2, 0.25) is 0 Å². The first-order chi connectivity index (χ1) is 9.01. The van der Waals surface area contributed by atoms with E-state index in [4.69, 9.17) is 5.73 Å².